The van der Waals surface area contributed by atoms with Crippen LogP contribution in [0.5, 0.6) is 0 Å². The van der Waals surface area contributed by atoms with E-state index in [0.717, 1.165) is 38.5 Å². The van der Waals surface area contributed by atoms with E-state index >= 15 is 0 Å². The molecule has 1 rings (SSSR count). The van der Waals surface area contributed by atoms with E-state index in [1.54, 1.807) is 0 Å². The highest BCUT2D eigenvalue weighted by molar-refractivity contribution is 5.80. The molecule has 61 heavy (non-hydrogen) atoms. The third kappa shape index (κ3) is 30.0. The largest absolute Gasteiger partial charge is 0.394 e. The van der Waals surface area contributed by atoms with Crippen LogP contribution < -0.4 is 5.32 Å². The molecule has 11 heteroatoms. The zero-order chi connectivity index (χ0) is 44.8. The van der Waals surface area contributed by atoms with Gasteiger partial charge in [-0.3, -0.25) is 4.79 Å². The van der Waals surface area contributed by atoms with Crippen LogP contribution in [0.1, 0.15) is 245 Å². The minimum Gasteiger partial charge on any atom is -0.394 e. The molecule has 0 unspecified atom stereocenters. The SMILES string of the molecule is CCCCCCCCCCCCCCCCCCCCCCCC[C@@H](O)C(=O)N[C@@H](CO[C@H]1O[C@H](CO)[C@H](O)[C@H](O)[C@H]1O)[C@H](O)[C@H](O)CCCCCCCCCCCCCC. The Kier molecular flexibility index (Phi) is 38.7. The molecule has 0 bridgehead atoms. The van der Waals surface area contributed by atoms with Gasteiger partial charge in [-0.05, 0) is 12.8 Å². The molecule has 1 saturated heterocycles. The second-order valence-electron chi connectivity index (χ2n) is 18.6. The standard InChI is InChI=1S/C50H99NO10/c1-3-5-7-9-11-13-15-17-18-19-20-21-22-23-24-25-26-28-30-32-34-36-38-43(54)49(59)51-41(40-60-50-48(58)47(57)46(56)44(39-52)61-50)45(55)42(53)37-35-33-31-29-27-16-14-12-10-8-6-4-2/h41-48,50,52-58H,3-40H2,1-2H3,(H,51,59)/t41-,42+,43+,44+,45-,46-,47-,48+,50-/m0/s1. The molecule has 1 amide bonds. The highest BCUT2D eigenvalue weighted by Gasteiger charge is 2.44. The lowest BCUT2D eigenvalue weighted by Gasteiger charge is -2.40. The van der Waals surface area contributed by atoms with E-state index in [9.17, 15) is 40.5 Å². The molecule has 0 aromatic rings. The van der Waals surface area contributed by atoms with Crippen molar-refractivity contribution in [2.75, 3.05) is 13.2 Å². The van der Waals surface area contributed by atoms with Crippen molar-refractivity contribution in [1.82, 2.24) is 5.32 Å². The Bertz CT molecular complexity index is 959. The van der Waals surface area contributed by atoms with Gasteiger partial charge in [-0.1, -0.05) is 232 Å². The van der Waals surface area contributed by atoms with E-state index in [1.165, 1.54) is 167 Å². The maximum absolute atomic E-state index is 13.1. The number of aliphatic hydroxyl groups is 7. The van der Waals surface area contributed by atoms with Crippen molar-refractivity contribution in [1.29, 1.82) is 0 Å². The molecule has 0 aromatic heterocycles. The fraction of sp³-hybridized carbons (Fsp3) is 0.980. The van der Waals surface area contributed by atoms with Gasteiger partial charge in [0.25, 0.3) is 0 Å². The molecule has 0 radical (unpaired) electrons. The Labute approximate surface area is 373 Å². The molecule has 0 saturated carbocycles. The summed E-state index contributed by atoms with van der Waals surface area (Å²) in [6.07, 6.45) is 31.6. The van der Waals surface area contributed by atoms with Gasteiger partial charge in [-0.15, -0.1) is 0 Å². The zero-order valence-corrected chi connectivity index (χ0v) is 39.4. The number of nitrogens with one attached hydrogen (secondary N) is 1. The van der Waals surface area contributed by atoms with Crippen LogP contribution in [-0.4, -0.2) is 110 Å². The predicted octanol–water partition coefficient (Wildman–Crippen LogP) is 9.45. The fourth-order valence-corrected chi connectivity index (χ4v) is 8.62. The summed E-state index contributed by atoms with van der Waals surface area (Å²) in [4.78, 5) is 13.1. The topological polar surface area (TPSA) is 189 Å². The summed E-state index contributed by atoms with van der Waals surface area (Å²) in [5.41, 5.74) is 0. The van der Waals surface area contributed by atoms with Crippen LogP contribution in [0.3, 0.4) is 0 Å². The van der Waals surface area contributed by atoms with Crippen molar-refractivity contribution in [2.24, 2.45) is 0 Å². The van der Waals surface area contributed by atoms with Gasteiger partial charge in [0.05, 0.1) is 25.4 Å². The number of unbranched alkanes of at least 4 members (excludes halogenated alkanes) is 32. The van der Waals surface area contributed by atoms with Crippen LogP contribution in [0.25, 0.3) is 0 Å². The van der Waals surface area contributed by atoms with Gasteiger partial charge >= 0.3 is 0 Å². The first-order valence-corrected chi connectivity index (χ1v) is 25.9. The number of ether oxygens (including phenoxy) is 2. The van der Waals surface area contributed by atoms with Crippen molar-refractivity contribution < 1.29 is 50.0 Å². The van der Waals surface area contributed by atoms with Gasteiger partial charge in [0.15, 0.2) is 6.29 Å². The van der Waals surface area contributed by atoms with Crippen LogP contribution in [0, 0.1) is 0 Å². The van der Waals surface area contributed by atoms with Gasteiger partial charge in [0.2, 0.25) is 5.91 Å². The quantitative estimate of drug-likeness (QED) is 0.0274. The van der Waals surface area contributed by atoms with Crippen molar-refractivity contribution in [3.63, 3.8) is 0 Å². The summed E-state index contributed by atoms with van der Waals surface area (Å²) in [5, 5.41) is 75.8. The van der Waals surface area contributed by atoms with Gasteiger partial charge in [0.1, 0.15) is 36.6 Å². The lowest BCUT2D eigenvalue weighted by atomic mass is 9.98. The zero-order valence-electron chi connectivity index (χ0n) is 39.4. The second kappa shape index (κ2) is 40.6. The van der Waals surface area contributed by atoms with Crippen molar-refractivity contribution in [2.45, 2.75) is 300 Å². The van der Waals surface area contributed by atoms with Crippen molar-refractivity contribution >= 4 is 5.91 Å². The van der Waals surface area contributed by atoms with Gasteiger partial charge in [-0.2, -0.15) is 0 Å². The number of rotatable bonds is 44. The maximum Gasteiger partial charge on any atom is 0.249 e. The van der Waals surface area contributed by atoms with E-state index in [4.69, 9.17) is 9.47 Å². The van der Waals surface area contributed by atoms with Gasteiger partial charge in [0, 0.05) is 0 Å². The van der Waals surface area contributed by atoms with E-state index in [2.05, 4.69) is 19.2 Å². The predicted molar refractivity (Wildman–Crippen MR) is 247 cm³/mol. The Morgan fingerprint density at radius 1 is 0.508 bits per heavy atom. The van der Waals surface area contributed by atoms with Crippen molar-refractivity contribution in [3.05, 3.63) is 0 Å². The smallest absolute Gasteiger partial charge is 0.249 e. The number of amides is 1. The highest BCUT2D eigenvalue weighted by atomic mass is 16.7. The second-order valence-corrected chi connectivity index (χ2v) is 18.6. The number of carbonyl (C=O) groups excluding carboxylic acids is 1. The summed E-state index contributed by atoms with van der Waals surface area (Å²) in [6, 6.07) is -1.16. The summed E-state index contributed by atoms with van der Waals surface area (Å²) >= 11 is 0. The molecule has 1 aliphatic rings. The average Bonchev–Trinajstić information content (AvgIpc) is 3.26. The molecule has 9 atom stereocenters. The summed E-state index contributed by atoms with van der Waals surface area (Å²) in [5.74, 6) is -0.692. The summed E-state index contributed by atoms with van der Waals surface area (Å²) in [7, 11) is 0. The third-order valence-corrected chi connectivity index (χ3v) is 12.9. The minimum atomic E-state index is -1.66. The Morgan fingerprint density at radius 2 is 0.852 bits per heavy atom. The van der Waals surface area contributed by atoms with E-state index in [0.29, 0.717) is 19.3 Å². The van der Waals surface area contributed by atoms with E-state index in [1.807, 2.05) is 0 Å². The number of carbonyl (C=O) groups is 1. The lowest BCUT2D eigenvalue weighted by Crippen LogP contribution is -2.60. The molecule has 0 aliphatic carbocycles. The average molecular weight is 874 g/mol. The molecule has 1 heterocycles. The monoisotopic (exact) mass is 874 g/mol. The molecule has 0 spiro atoms. The number of hydrogen-bond acceptors (Lipinski definition) is 10. The van der Waals surface area contributed by atoms with Crippen LogP contribution in [0.15, 0.2) is 0 Å². The first-order valence-electron chi connectivity index (χ1n) is 25.9. The fourth-order valence-electron chi connectivity index (χ4n) is 8.62. The highest BCUT2D eigenvalue weighted by Crippen LogP contribution is 2.23. The molecule has 1 aliphatic heterocycles. The molecule has 1 fully saturated rings. The minimum absolute atomic E-state index is 0.267. The van der Waals surface area contributed by atoms with E-state index < -0.39 is 74.2 Å². The van der Waals surface area contributed by atoms with Crippen LogP contribution in [0.2, 0.25) is 0 Å². The lowest BCUT2D eigenvalue weighted by molar-refractivity contribution is -0.303. The summed E-state index contributed by atoms with van der Waals surface area (Å²) in [6.45, 7) is 3.46. The first kappa shape index (κ1) is 58.1. The Balaban J connectivity index is 2.32. The number of aliphatic hydroxyl groups excluding tert-OH is 7. The number of hydrogen-bond donors (Lipinski definition) is 8. The third-order valence-electron chi connectivity index (χ3n) is 12.9. The molecule has 0 aromatic carbocycles. The molecular formula is C50H99NO10. The normalized spacial score (nSPS) is 21.4. The molecular weight excluding hydrogens is 775 g/mol. The maximum atomic E-state index is 13.1. The summed E-state index contributed by atoms with van der Waals surface area (Å²) < 4.78 is 11.1. The molecule has 364 valence electrons. The van der Waals surface area contributed by atoms with Gasteiger partial charge in [-0.25, -0.2) is 0 Å². The first-order chi connectivity index (χ1) is 29.7. The van der Waals surface area contributed by atoms with Gasteiger partial charge < -0.3 is 50.5 Å². The Morgan fingerprint density at radius 3 is 1.21 bits per heavy atom. The van der Waals surface area contributed by atoms with E-state index in [-0.39, 0.29) is 6.42 Å². The molecule has 8 N–H and O–H groups in total. The molecule has 11 nitrogen and oxygen atoms in total. The van der Waals surface area contributed by atoms with Crippen molar-refractivity contribution in [3.8, 4) is 0 Å². The van der Waals surface area contributed by atoms with Crippen LogP contribution >= 0.6 is 0 Å². The van der Waals surface area contributed by atoms with Crippen LogP contribution in [0.4, 0.5) is 0 Å². The van der Waals surface area contributed by atoms with Crippen LogP contribution in [-0.2, 0) is 14.3 Å². The Hall–Kier alpha value is -0.890.